The van der Waals surface area contributed by atoms with Crippen LogP contribution in [0, 0.1) is 12.3 Å². The highest BCUT2D eigenvalue weighted by molar-refractivity contribution is 6.20. The maximum absolute atomic E-state index is 11.6. The molecule has 0 N–H and O–H groups in total. The third kappa shape index (κ3) is 2.01. The minimum absolute atomic E-state index is 0.352. The predicted molar refractivity (Wildman–Crippen MR) is 87.1 cm³/mol. The average Bonchev–Trinajstić information content (AvgIpc) is 2.55. The van der Waals surface area contributed by atoms with E-state index in [9.17, 15) is 9.59 Å². The summed E-state index contributed by atoms with van der Waals surface area (Å²) in [7, 11) is 0. The summed E-state index contributed by atoms with van der Waals surface area (Å²) >= 11 is 0. The van der Waals surface area contributed by atoms with Crippen LogP contribution in [0.1, 0.15) is 26.3 Å². The number of esters is 2. The number of ether oxygens (including phenoxy) is 1. The van der Waals surface area contributed by atoms with Gasteiger partial charge in [0.25, 0.3) is 0 Å². The minimum Gasteiger partial charge on any atom is -0.386 e. The van der Waals surface area contributed by atoms with Gasteiger partial charge in [0.2, 0.25) is 0 Å². The van der Waals surface area contributed by atoms with E-state index in [1.54, 1.807) is 24.3 Å². The van der Waals surface area contributed by atoms with Crippen molar-refractivity contribution in [3.63, 3.8) is 0 Å². The van der Waals surface area contributed by atoms with Gasteiger partial charge in [0.1, 0.15) is 0 Å². The first-order chi connectivity index (χ1) is 11.2. The number of fused-ring (bicyclic) bond motifs is 1. The van der Waals surface area contributed by atoms with Gasteiger partial charge in [-0.2, -0.15) is 0 Å². The van der Waals surface area contributed by atoms with Gasteiger partial charge in [0.15, 0.2) is 0 Å². The number of carbonyl (C=O) groups excluding carboxylic acids is 2. The van der Waals surface area contributed by atoms with Crippen LogP contribution < -0.4 is 0 Å². The zero-order chi connectivity index (χ0) is 16.0. The zero-order valence-electron chi connectivity index (χ0n) is 12.0. The fourth-order valence-corrected chi connectivity index (χ4v) is 2.70. The normalized spacial score (nSPS) is 12.8. The summed E-state index contributed by atoms with van der Waals surface area (Å²) in [5.74, 6) is 1.22. The Hall–Kier alpha value is -3.38. The highest BCUT2D eigenvalue weighted by Crippen LogP contribution is 2.30. The Labute approximate surface area is 132 Å². The first-order valence-corrected chi connectivity index (χ1v) is 7.08. The van der Waals surface area contributed by atoms with E-state index >= 15 is 0 Å². The Morgan fingerprint density at radius 2 is 1.48 bits per heavy atom. The van der Waals surface area contributed by atoms with Crippen LogP contribution in [0.3, 0.4) is 0 Å². The summed E-state index contributed by atoms with van der Waals surface area (Å²) in [6.45, 7) is 0. The number of terminal acetylenes is 1. The molecule has 0 unspecified atom stereocenters. The minimum atomic E-state index is -0.643. The second-order valence-electron chi connectivity index (χ2n) is 5.33. The van der Waals surface area contributed by atoms with Crippen molar-refractivity contribution in [3.05, 3.63) is 71.3 Å². The molecule has 2 aromatic rings. The smallest absolute Gasteiger partial charge is 0.346 e. The summed E-state index contributed by atoms with van der Waals surface area (Å²) in [6, 6.07) is 17.0. The van der Waals surface area contributed by atoms with Crippen LogP contribution in [-0.4, -0.2) is 11.9 Å². The third-order valence-corrected chi connectivity index (χ3v) is 3.99. The highest BCUT2D eigenvalue weighted by atomic mass is 16.6. The van der Waals surface area contributed by atoms with E-state index in [2.05, 4.69) is 34.9 Å². The monoisotopic (exact) mass is 298 g/mol. The average molecular weight is 298 g/mol. The Morgan fingerprint density at radius 3 is 2.04 bits per heavy atom. The number of hydrogen-bond donors (Lipinski definition) is 0. The molecule has 3 heteroatoms. The molecule has 0 bridgehead atoms. The summed E-state index contributed by atoms with van der Waals surface area (Å²) in [5.41, 5.74) is 4.20. The lowest BCUT2D eigenvalue weighted by molar-refractivity contribution is 0.0391. The first-order valence-electron chi connectivity index (χ1n) is 7.08. The number of rotatable bonds is 0. The van der Waals surface area contributed by atoms with E-state index in [0.29, 0.717) is 22.1 Å². The van der Waals surface area contributed by atoms with Crippen molar-refractivity contribution in [2.45, 2.75) is 0 Å². The first kappa shape index (κ1) is 13.3. The van der Waals surface area contributed by atoms with Crippen molar-refractivity contribution < 1.29 is 14.3 Å². The highest BCUT2D eigenvalue weighted by Gasteiger charge is 2.27. The van der Waals surface area contributed by atoms with Gasteiger partial charge in [0.05, 0.1) is 11.1 Å². The Balaban J connectivity index is 0.000000186. The fraction of sp³-hybridized carbons (Fsp3) is 0. The molecule has 108 valence electrons. The molecule has 3 nitrogen and oxygen atoms in total. The van der Waals surface area contributed by atoms with Gasteiger partial charge in [-0.25, -0.2) is 9.59 Å². The molecule has 0 radical (unpaired) electrons. The number of carbonyl (C=O) groups is 2. The molecule has 0 spiro atoms. The second-order valence-corrected chi connectivity index (χ2v) is 5.33. The molecule has 2 aromatic carbocycles. The van der Waals surface area contributed by atoms with Crippen molar-refractivity contribution in [2.24, 2.45) is 0 Å². The second kappa shape index (κ2) is 4.82. The van der Waals surface area contributed by atoms with Crippen LogP contribution in [-0.2, 0) is 4.74 Å². The predicted octanol–water partition coefficient (Wildman–Crippen LogP) is 3.80. The van der Waals surface area contributed by atoms with Gasteiger partial charge in [0, 0.05) is 10.9 Å². The summed E-state index contributed by atoms with van der Waals surface area (Å²) in [5, 5.41) is 1.39. The largest absolute Gasteiger partial charge is 0.386 e. The van der Waals surface area contributed by atoms with Crippen molar-refractivity contribution in [1.82, 2.24) is 0 Å². The SMILES string of the molecule is C#Cc1cc2c3c(cccc3c1)C(=O)OC2=O.c1cc2ccc1-2. The molecule has 1 aliphatic heterocycles. The maximum atomic E-state index is 11.6. The summed E-state index contributed by atoms with van der Waals surface area (Å²) in [6.07, 6.45) is 5.32. The Morgan fingerprint density at radius 1 is 0.826 bits per heavy atom. The van der Waals surface area contributed by atoms with Crippen molar-refractivity contribution in [2.75, 3.05) is 0 Å². The zero-order valence-corrected chi connectivity index (χ0v) is 12.0. The molecule has 1 heterocycles. The van der Waals surface area contributed by atoms with E-state index in [1.807, 2.05) is 6.07 Å². The maximum Gasteiger partial charge on any atom is 0.346 e. The van der Waals surface area contributed by atoms with E-state index < -0.39 is 11.9 Å². The van der Waals surface area contributed by atoms with Gasteiger partial charge in [-0.05, 0) is 34.7 Å². The van der Waals surface area contributed by atoms with Gasteiger partial charge in [-0.1, -0.05) is 42.3 Å². The molecule has 0 atom stereocenters. The molecule has 0 fully saturated rings. The molecule has 0 saturated heterocycles. The number of hydrogen-bond acceptors (Lipinski definition) is 3. The van der Waals surface area contributed by atoms with Crippen molar-refractivity contribution in [1.29, 1.82) is 0 Å². The lowest BCUT2D eigenvalue weighted by atomic mass is 9.95. The summed E-state index contributed by atoms with van der Waals surface area (Å²) < 4.78 is 4.66. The fourth-order valence-electron chi connectivity index (χ4n) is 2.70. The van der Waals surface area contributed by atoms with Gasteiger partial charge in [-0.3, -0.25) is 0 Å². The molecular formula is C20H10O3. The van der Waals surface area contributed by atoms with Crippen LogP contribution in [0.2, 0.25) is 0 Å². The molecule has 0 aromatic heterocycles. The number of cyclic esters (lactones) is 2. The summed E-state index contributed by atoms with van der Waals surface area (Å²) in [4.78, 5) is 23.2. The molecule has 2 aliphatic carbocycles. The van der Waals surface area contributed by atoms with E-state index in [1.165, 1.54) is 11.1 Å². The van der Waals surface area contributed by atoms with Crippen LogP contribution in [0.4, 0.5) is 0 Å². The topological polar surface area (TPSA) is 43.4 Å². The van der Waals surface area contributed by atoms with Crippen molar-refractivity contribution >= 4 is 22.7 Å². The van der Waals surface area contributed by atoms with E-state index in [0.717, 1.165) is 5.39 Å². The molecule has 3 aliphatic rings. The van der Waals surface area contributed by atoms with Crippen LogP contribution in [0.15, 0.2) is 54.6 Å². The molecular weight excluding hydrogens is 288 g/mol. The Bertz CT molecular complexity index is 1000. The molecule has 5 rings (SSSR count). The van der Waals surface area contributed by atoms with E-state index in [-0.39, 0.29) is 0 Å². The van der Waals surface area contributed by atoms with E-state index in [4.69, 9.17) is 6.42 Å². The lowest BCUT2D eigenvalue weighted by Gasteiger charge is -2.15. The Kier molecular flexibility index (Phi) is 2.79. The van der Waals surface area contributed by atoms with Gasteiger partial charge in [-0.15, -0.1) is 6.42 Å². The van der Waals surface area contributed by atoms with Crippen LogP contribution in [0.25, 0.3) is 21.9 Å². The number of benzene rings is 3. The van der Waals surface area contributed by atoms with Gasteiger partial charge >= 0.3 is 11.9 Å². The van der Waals surface area contributed by atoms with Gasteiger partial charge < -0.3 is 4.74 Å². The lowest BCUT2D eigenvalue weighted by Crippen LogP contribution is -2.19. The molecule has 0 amide bonds. The van der Waals surface area contributed by atoms with Crippen LogP contribution in [0.5, 0.6) is 0 Å². The standard InChI is InChI=1S/C14H6O3.C6H4/c1-2-8-6-9-4-3-5-10-12(9)11(7-8)14(16)17-13(10)15;1-2-6-4-3-5(1)6/h1,3-7H;1-4H. The van der Waals surface area contributed by atoms with Crippen molar-refractivity contribution in [3.8, 4) is 23.5 Å². The third-order valence-electron chi connectivity index (χ3n) is 3.99. The quantitative estimate of drug-likeness (QED) is 0.282. The van der Waals surface area contributed by atoms with Crippen LogP contribution >= 0.6 is 0 Å². The molecule has 23 heavy (non-hydrogen) atoms. The molecule has 0 saturated carbocycles.